The molecule has 1 aromatic heterocycles. The highest BCUT2D eigenvalue weighted by Gasteiger charge is 2.25. The molecule has 2 N–H and O–H groups in total. The molecule has 0 spiro atoms. The third-order valence-electron chi connectivity index (χ3n) is 3.87. The van der Waals surface area contributed by atoms with Crippen LogP contribution in [0.3, 0.4) is 0 Å². The van der Waals surface area contributed by atoms with E-state index in [2.05, 4.69) is 10.4 Å². The van der Waals surface area contributed by atoms with Crippen LogP contribution in [0.2, 0.25) is 0 Å². The number of carbonyl (C=O) groups is 2. The number of para-hydroxylation sites is 1. The predicted octanol–water partition coefficient (Wildman–Crippen LogP) is 2.44. The molecule has 0 fully saturated rings. The fourth-order valence-corrected chi connectivity index (χ4v) is 2.72. The van der Waals surface area contributed by atoms with E-state index in [0.29, 0.717) is 10.9 Å². The van der Waals surface area contributed by atoms with Gasteiger partial charge in [0.25, 0.3) is 5.91 Å². The molecule has 1 unspecified atom stereocenters. The van der Waals surface area contributed by atoms with Crippen LogP contribution in [0.5, 0.6) is 0 Å². The molecule has 1 atom stereocenters. The van der Waals surface area contributed by atoms with Gasteiger partial charge in [0.1, 0.15) is 0 Å². The molecule has 0 aliphatic heterocycles. The van der Waals surface area contributed by atoms with Gasteiger partial charge in [-0.15, -0.1) is 0 Å². The minimum atomic E-state index is -1.13. The van der Waals surface area contributed by atoms with E-state index >= 15 is 0 Å². The summed E-state index contributed by atoms with van der Waals surface area (Å²) in [4.78, 5) is 24.2. The SMILES string of the molecule is Cc1cccc(C(NC(=O)c2nn(C)c3ccccc23)C(=O)O)c1. The Hall–Kier alpha value is -3.15. The summed E-state index contributed by atoms with van der Waals surface area (Å²) < 4.78 is 1.60. The zero-order valence-corrected chi connectivity index (χ0v) is 13.4. The van der Waals surface area contributed by atoms with Gasteiger partial charge >= 0.3 is 5.97 Å². The molecule has 6 nitrogen and oxygen atoms in total. The van der Waals surface area contributed by atoms with Gasteiger partial charge in [0.05, 0.1) is 5.52 Å². The molecule has 122 valence electrons. The van der Waals surface area contributed by atoms with Crippen molar-refractivity contribution in [3.63, 3.8) is 0 Å². The van der Waals surface area contributed by atoms with Gasteiger partial charge in [-0.1, -0.05) is 48.0 Å². The number of aliphatic carboxylic acids is 1. The molecule has 0 radical (unpaired) electrons. The number of aryl methyl sites for hydroxylation is 2. The third kappa shape index (κ3) is 2.86. The van der Waals surface area contributed by atoms with Crippen LogP contribution in [0.1, 0.15) is 27.7 Å². The molecule has 3 aromatic rings. The van der Waals surface area contributed by atoms with E-state index in [1.165, 1.54) is 0 Å². The highest BCUT2D eigenvalue weighted by atomic mass is 16.4. The number of benzene rings is 2. The first-order valence-electron chi connectivity index (χ1n) is 7.49. The van der Waals surface area contributed by atoms with Crippen molar-refractivity contribution in [1.29, 1.82) is 0 Å². The van der Waals surface area contributed by atoms with Crippen molar-refractivity contribution in [2.45, 2.75) is 13.0 Å². The van der Waals surface area contributed by atoms with Crippen molar-refractivity contribution < 1.29 is 14.7 Å². The molecule has 6 heteroatoms. The second-order valence-corrected chi connectivity index (χ2v) is 5.65. The van der Waals surface area contributed by atoms with Crippen LogP contribution in [0.4, 0.5) is 0 Å². The van der Waals surface area contributed by atoms with E-state index in [0.717, 1.165) is 11.1 Å². The highest BCUT2D eigenvalue weighted by molar-refractivity contribution is 6.05. The van der Waals surface area contributed by atoms with Crippen molar-refractivity contribution >= 4 is 22.8 Å². The summed E-state index contributed by atoms with van der Waals surface area (Å²) in [5.74, 6) is -1.63. The van der Waals surface area contributed by atoms with Gasteiger partial charge in [0.2, 0.25) is 0 Å². The summed E-state index contributed by atoms with van der Waals surface area (Å²) in [6.45, 7) is 1.87. The molecule has 0 saturated heterocycles. The van der Waals surface area contributed by atoms with Crippen molar-refractivity contribution in [3.8, 4) is 0 Å². The average Bonchev–Trinajstić information content (AvgIpc) is 2.90. The maximum absolute atomic E-state index is 12.6. The summed E-state index contributed by atoms with van der Waals surface area (Å²) in [6, 6.07) is 13.3. The third-order valence-corrected chi connectivity index (χ3v) is 3.87. The number of nitrogens with zero attached hydrogens (tertiary/aromatic N) is 2. The Balaban J connectivity index is 1.95. The number of fused-ring (bicyclic) bond motifs is 1. The molecule has 0 aliphatic rings. The maximum Gasteiger partial charge on any atom is 0.330 e. The summed E-state index contributed by atoms with van der Waals surface area (Å²) in [7, 11) is 1.74. The lowest BCUT2D eigenvalue weighted by Crippen LogP contribution is -2.34. The van der Waals surface area contributed by atoms with E-state index in [1.807, 2.05) is 31.2 Å². The van der Waals surface area contributed by atoms with Gasteiger partial charge in [-0.25, -0.2) is 4.79 Å². The van der Waals surface area contributed by atoms with Crippen LogP contribution in [0, 0.1) is 6.92 Å². The lowest BCUT2D eigenvalue weighted by Gasteiger charge is -2.14. The Morgan fingerprint density at radius 2 is 1.92 bits per heavy atom. The van der Waals surface area contributed by atoms with E-state index in [-0.39, 0.29) is 5.69 Å². The quantitative estimate of drug-likeness (QED) is 0.772. The van der Waals surface area contributed by atoms with Crippen LogP contribution < -0.4 is 5.32 Å². The van der Waals surface area contributed by atoms with E-state index in [9.17, 15) is 14.7 Å². The number of hydrogen-bond acceptors (Lipinski definition) is 3. The van der Waals surface area contributed by atoms with Crippen molar-refractivity contribution in [3.05, 3.63) is 65.4 Å². The standard InChI is InChI=1S/C18H17N3O3/c1-11-6-5-7-12(10-11)15(18(23)24)19-17(22)16-13-8-3-4-9-14(13)21(2)20-16/h3-10,15H,1-2H3,(H,19,22)(H,23,24). The lowest BCUT2D eigenvalue weighted by molar-refractivity contribution is -0.139. The smallest absolute Gasteiger partial charge is 0.330 e. The van der Waals surface area contributed by atoms with Gasteiger partial charge in [0, 0.05) is 12.4 Å². The number of rotatable bonds is 4. The van der Waals surface area contributed by atoms with Crippen molar-refractivity contribution in [2.75, 3.05) is 0 Å². The fraction of sp³-hybridized carbons (Fsp3) is 0.167. The Kier molecular flexibility index (Phi) is 4.04. The largest absolute Gasteiger partial charge is 0.479 e. The summed E-state index contributed by atoms with van der Waals surface area (Å²) in [5.41, 5.74) is 2.48. The first kappa shape index (κ1) is 15.7. The molecule has 3 rings (SSSR count). The minimum Gasteiger partial charge on any atom is -0.479 e. The number of nitrogens with one attached hydrogen (secondary N) is 1. The highest BCUT2D eigenvalue weighted by Crippen LogP contribution is 2.20. The Bertz CT molecular complexity index is 930. The molecule has 0 saturated carbocycles. The summed E-state index contributed by atoms with van der Waals surface area (Å²) in [6.07, 6.45) is 0. The summed E-state index contributed by atoms with van der Waals surface area (Å²) in [5, 5.41) is 17.0. The lowest BCUT2D eigenvalue weighted by atomic mass is 10.0. The molecule has 0 bridgehead atoms. The number of aromatic nitrogens is 2. The average molecular weight is 323 g/mol. The second-order valence-electron chi connectivity index (χ2n) is 5.65. The van der Waals surface area contributed by atoms with E-state index in [4.69, 9.17) is 0 Å². The van der Waals surface area contributed by atoms with Crippen molar-refractivity contribution in [2.24, 2.45) is 7.05 Å². The van der Waals surface area contributed by atoms with Gasteiger partial charge in [-0.2, -0.15) is 5.10 Å². The Labute approximate surface area is 138 Å². The van der Waals surface area contributed by atoms with Gasteiger partial charge < -0.3 is 10.4 Å². The van der Waals surface area contributed by atoms with Crippen LogP contribution in [-0.2, 0) is 11.8 Å². The monoisotopic (exact) mass is 323 g/mol. The van der Waals surface area contributed by atoms with Crippen LogP contribution in [-0.4, -0.2) is 26.8 Å². The first-order chi connectivity index (χ1) is 11.5. The fourth-order valence-electron chi connectivity index (χ4n) is 2.72. The molecule has 0 aliphatic carbocycles. The maximum atomic E-state index is 12.6. The van der Waals surface area contributed by atoms with Crippen LogP contribution in [0.15, 0.2) is 48.5 Å². The molecular formula is C18H17N3O3. The number of hydrogen-bond donors (Lipinski definition) is 2. The first-order valence-corrected chi connectivity index (χ1v) is 7.49. The molecule has 24 heavy (non-hydrogen) atoms. The van der Waals surface area contributed by atoms with Crippen LogP contribution >= 0.6 is 0 Å². The zero-order chi connectivity index (χ0) is 17.3. The van der Waals surface area contributed by atoms with Gasteiger partial charge in [-0.3, -0.25) is 9.48 Å². The van der Waals surface area contributed by atoms with Crippen LogP contribution in [0.25, 0.3) is 10.9 Å². The van der Waals surface area contributed by atoms with E-state index in [1.54, 1.807) is 36.0 Å². The minimum absolute atomic E-state index is 0.215. The molecule has 2 aromatic carbocycles. The second kappa shape index (κ2) is 6.16. The molecule has 1 heterocycles. The van der Waals surface area contributed by atoms with Gasteiger partial charge in [0.15, 0.2) is 11.7 Å². The van der Waals surface area contributed by atoms with E-state index < -0.39 is 17.9 Å². The molecular weight excluding hydrogens is 306 g/mol. The normalized spacial score (nSPS) is 12.1. The number of carboxylic acids is 1. The number of carboxylic acid groups (broad SMARTS) is 1. The Morgan fingerprint density at radius 1 is 1.17 bits per heavy atom. The predicted molar refractivity (Wildman–Crippen MR) is 89.7 cm³/mol. The van der Waals surface area contributed by atoms with Crippen molar-refractivity contribution in [1.82, 2.24) is 15.1 Å². The number of amides is 1. The topological polar surface area (TPSA) is 84.2 Å². The Morgan fingerprint density at radius 3 is 2.62 bits per heavy atom. The summed E-state index contributed by atoms with van der Waals surface area (Å²) >= 11 is 0. The zero-order valence-electron chi connectivity index (χ0n) is 13.4. The molecule has 1 amide bonds. The van der Waals surface area contributed by atoms with Gasteiger partial charge in [-0.05, 0) is 18.6 Å². The number of carbonyl (C=O) groups excluding carboxylic acids is 1.